The highest BCUT2D eigenvalue weighted by molar-refractivity contribution is 5.55. The second-order valence-electron chi connectivity index (χ2n) is 3.68. The summed E-state index contributed by atoms with van der Waals surface area (Å²) in [6.07, 6.45) is 1.58. The molecule has 2 aromatic rings. The number of nitrogens with zero attached hydrogens (tertiary/aromatic N) is 1. The molecule has 1 N–H and O–H groups in total. The summed E-state index contributed by atoms with van der Waals surface area (Å²) in [5.74, 6) is 0.373. The van der Waals surface area contributed by atoms with Gasteiger partial charge in [0.05, 0.1) is 24.4 Å². The lowest BCUT2D eigenvalue weighted by atomic mass is 10.1. The average Bonchev–Trinajstić information content (AvgIpc) is 2.84. The Morgan fingerprint density at radius 2 is 2.29 bits per heavy atom. The van der Waals surface area contributed by atoms with Crippen molar-refractivity contribution < 1.29 is 8.81 Å². The van der Waals surface area contributed by atoms with E-state index in [1.165, 1.54) is 6.07 Å². The number of benzene rings is 1. The average molecular weight is 230 g/mol. The van der Waals surface area contributed by atoms with Crippen LogP contribution in [-0.2, 0) is 6.54 Å². The number of furan rings is 1. The van der Waals surface area contributed by atoms with Crippen LogP contribution in [-0.4, -0.2) is 0 Å². The number of anilines is 1. The van der Waals surface area contributed by atoms with Crippen molar-refractivity contribution in [3.05, 3.63) is 53.2 Å². The van der Waals surface area contributed by atoms with Crippen molar-refractivity contribution in [2.45, 2.75) is 13.5 Å². The van der Waals surface area contributed by atoms with Gasteiger partial charge in [-0.15, -0.1) is 0 Å². The van der Waals surface area contributed by atoms with Gasteiger partial charge in [0.25, 0.3) is 0 Å². The van der Waals surface area contributed by atoms with Crippen molar-refractivity contribution in [3.8, 4) is 6.07 Å². The van der Waals surface area contributed by atoms with Crippen LogP contribution in [0.5, 0.6) is 0 Å². The molecule has 3 nitrogen and oxygen atoms in total. The zero-order valence-electron chi connectivity index (χ0n) is 9.33. The fourth-order valence-electron chi connectivity index (χ4n) is 1.52. The molecule has 0 atom stereocenters. The van der Waals surface area contributed by atoms with Crippen LogP contribution in [0.1, 0.15) is 16.9 Å². The SMILES string of the molecule is Cc1c(F)cc(C#N)cc1NCc1ccco1. The van der Waals surface area contributed by atoms with Crippen molar-refractivity contribution >= 4 is 5.69 Å². The lowest BCUT2D eigenvalue weighted by molar-refractivity contribution is 0.518. The van der Waals surface area contributed by atoms with E-state index in [1.54, 1.807) is 25.3 Å². The summed E-state index contributed by atoms with van der Waals surface area (Å²) in [6.45, 7) is 2.13. The molecule has 1 aromatic carbocycles. The standard InChI is InChI=1S/C13H11FN2O/c1-9-12(14)5-10(7-15)6-13(9)16-8-11-3-2-4-17-11/h2-6,16H,8H2,1H3. The van der Waals surface area contributed by atoms with Crippen LogP contribution in [0.2, 0.25) is 0 Å². The fraction of sp³-hybridized carbons (Fsp3) is 0.154. The van der Waals surface area contributed by atoms with Gasteiger partial charge in [-0.1, -0.05) is 0 Å². The predicted molar refractivity (Wildman–Crippen MR) is 61.9 cm³/mol. The van der Waals surface area contributed by atoms with Gasteiger partial charge in [-0.25, -0.2) is 4.39 Å². The van der Waals surface area contributed by atoms with Crippen molar-refractivity contribution in [2.24, 2.45) is 0 Å². The smallest absolute Gasteiger partial charge is 0.129 e. The highest BCUT2D eigenvalue weighted by atomic mass is 19.1. The first-order valence-electron chi connectivity index (χ1n) is 5.17. The summed E-state index contributed by atoms with van der Waals surface area (Å²) >= 11 is 0. The Kier molecular flexibility index (Phi) is 3.10. The monoisotopic (exact) mass is 230 g/mol. The molecule has 0 aliphatic heterocycles. The molecule has 1 aromatic heterocycles. The zero-order valence-corrected chi connectivity index (χ0v) is 9.33. The van der Waals surface area contributed by atoms with Crippen molar-refractivity contribution in [1.82, 2.24) is 0 Å². The summed E-state index contributed by atoms with van der Waals surface area (Å²) in [4.78, 5) is 0. The predicted octanol–water partition coefficient (Wildman–Crippen LogP) is 3.21. The Hall–Kier alpha value is -2.28. The topological polar surface area (TPSA) is 49.0 Å². The second kappa shape index (κ2) is 4.71. The van der Waals surface area contributed by atoms with Crippen LogP contribution in [0.4, 0.5) is 10.1 Å². The summed E-state index contributed by atoms with van der Waals surface area (Å²) in [5.41, 5.74) is 1.41. The summed E-state index contributed by atoms with van der Waals surface area (Å²) in [6, 6.07) is 8.40. The van der Waals surface area contributed by atoms with Gasteiger partial charge >= 0.3 is 0 Å². The third-order valence-corrected chi connectivity index (χ3v) is 2.51. The van der Waals surface area contributed by atoms with E-state index in [2.05, 4.69) is 5.32 Å². The van der Waals surface area contributed by atoms with E-state index in [1.807, 2.05) is 12.1 Å². The van der Waals surface area contributed by atoms with Gasteiger partial charge in [0.15, 0.2) is 0 Å². The normalized spacial score (nSPS) is 9.94. The number of nitrogens with one attached hydrogen (secondary N) is 1. The molecule has 0 radical (unpaired) electrons. The minimum Gasteiger partial charge on any atom is -0.467 e. The molecule has 86 valence electrons. The van der Waals surface area contributed by atoms with Crippen LogP contribution in [0, 0.1) is 24.1 Å². The van der Waals surface area contributed by atoms with Crippen LogP contribution in [0.25, 0.3) is 0 Å². The molecule has 0 saturated carbocycles. The Morgan fingerprint density at radius 1 is 1.47 bits per heavy atom. The maximum Gasteiger partial charge on any atom is 0.129 e. The number of hydrogen-bond acceptors (Lipinski definition) is 3. The Bertz CT molecular complexity index is 556. The van der Waals surface area contributed by atoms with Crippen molar-refractivity contribution in [3.63, 3.8) is 0 Å². The van der Waals surface area contributed by atoms with Gasteiger partial charge in [0, 0.05) is 11.3 Å². The van der Waals surface area contributed by atoms with Crippen LogP contribution < -0.4 is 5.32 Å². The van der Waals surface area contributed by atoms with Crippen molar-refractivity contribution in [1.29, 1.82) is 5.26 Å². The van der Waals surface area contributed by atoms with Gasteiger partial charge in [0.1, 0.15) is 11.6 Å². The molecule has 2 rings (SSSR count). The summed E-state index contributed by atoms with van der Waals surface area (Å²) in [5, 5.41) is 11.8. The van der Waals surface area contributed by atoms with E-state index in [4.69, 9.17) is 9.68 Å². The van der Waals surface area contributed by atoms with Gasteiger partial charge in [0.2, 0.25) is 0 Å². The lowest BCUT2D eigenvalue weighted by Crippen LogP contribution is -2.02. The van der Waals surface area contributed by atoms with E-state index < -0.39 is 0 Å². The van der Waals surface area contributed by atoms with E-state index in [9.17, 15) is 4.39 Å². The molecule has 0 amide bonds. The molecular formula is C13H11FN2O. The third-order valence-electron chi connectivity index (χ3n) is 2.51. The molecule has 17 heavy (non-hydrogen) atoms. The van der Waals surface area contributed by atoms with Gasteiger partial charge in [-0.3, -0.25) is 0 Å². The first-order chi connectivity index (χ1) is 8.20. The summed E-state index contributed by atoms with van der Waals surface area (Å²) < 4.78 is 18.6. The second-order valence-corrected chi connectivity index (χ2v) is 3.68. The van der Waals surface area contributed by atoms with Crippen molar-refractivity contribution in [2.75, 3.05) is 5.32 Å². The first-order valence-corrected chi connectivity index (χ1v) is 5.17. The molecule has 0 saturated heterocycles. The Labute approximate surface area is 98.5 Å². The number of hydrogen-bond donors (Lipinski definition) is 1. The van der Waals surface area contributed by atoms with Crippen LogP contribution in [0.3, 0.4) is 0 Å². The fourth-order valence-corrected chi connectivity index (χ4v) is 1.52. The molecule has 0 aliphatic carbocycles. The quantitative estimate of drug-likeness (QED) is 0.880. The molecule has 0 aliphatic rings. The maximum atomic E-state index is 13.5. The first kappa shape index (κ1) is 11.2. The van der Waals surface area contributed by atoms with Gasteiger partial charge in [-0.2, -0.15) is 5.26 Å². The molecule has 0 fully saturated rings. The highest BCUT2D eigenvalue weighted by Gasteiger charge is 2.07. The Morgan fingerprint density at radius 3 is 2.94 bits per heavy atom. The zero-order chi connectivity index (χ0) is 12.3. The molecule has 0 bridgehead atoms. The Balaban J connectivity index is 2.20. The maximum absolute atomic E-state index is 13.5. The largest absolute Gasteiger partial charge is 0.467 e. The molecule has 0 spiro atoms. The highest BCUT2D eigenvalue weighted by Crippen LogP contribution is 2.21. The minimum atomic E-state index is -0.383. The van der Waals surface area contributed by atoms with E-state index >= 15 is 0 Å². The minimum absolute atomic E-state index is 0.301. The molecule has 0 unspecified atom stereocenters. The number of halogens is 1. The molecule has 4 heteroatoms. The van der Waals surface area contributed by atoms with E-state index in [0.717, 1.165) is 5.76 Å². The number of rotatable bonds is 3. The van der Waals surface area contributed by atoms with Crippen LogP contribution in [0.15, 0.2) is 34.9 Å². The number of nitriles is 1. The lowest BCUT2D eigenvalue weighted by Gasteiger charge is -2.09. The molecule has 1 heterocycles. The third kappa shape index (κ3) is 2.45. The van der Waals surface area contributed by atoms with Crippen LogP contribution >= 0.6 is 0 Å². The van der Waals surface area contributed by atoms with Gasteiger partial charge in [-0.05, 0) is 31.2 Å². The van der Waals surface area contributed by atoms with E-state index in [-0.39, 0.29) is 5.82 Å². The van der Waals surface area contributed by atoms with E-state index in [0.29, 0.717) is 23.4 Å². The summed E-state index contributed by atoms with van der Waals surface area (Å²) in [7, 11) is 0. The van der Waals surface area contributed by atoms with Gasteiger partial charge < -0.3 is 9.73 Å². The molecular weight excluding hydrogens is 219 g/mol.